The van der Waals surface area contributed by atoms with Gasteiger partial charge in [0, 0.05) is 10.9 Å². The minimum Gasteiger partial charge on any atom is -0.465 e. The smallest absolute Gasteiger partial charge is 0.411 e. The van der Waals surface area contributed by atoms with Crippen LogP contribution in [0.1, 0.15) is 0 Å². The maximum Gasteiger partial charge on any atom is 0.411 e. The van der Waals surface area contributed by atoms with Crippen molar-refractivity contribution in [3.63, 3.8) is 0 Å². The van der Waals surface area contributed by atoms with Crippen LogP contribution in [0.2, 0.25) is 0 Å². The fourth-order valence-electron chi connectivity index (χ4n) is 2.65. The molecule has 2 aromatic heterocycles. The molecule has 2 aromatic carbocycles. The van der Waals surface area contributed by atoms with E-state index in [0.717, 1.165) is 10.9 Å². The van der Waals surface area contributed by atoms with Crippen LogP contribution in [-0.2, 0) is 0 Å². The summed E-state index contributed by atoms with van der Waals surface area (Å²) in [4.78, 5) is 38.4. The van der Waals surface area contributed by atoms with E-state index >= 15 is 0 Å². The van der Waals surface area contributed by atoms with Crippen LogP contribution in [0.5, 0.6) is 0 Å². The fraction of sp³-hybridized carbons (Fsp3) is 0. The summed E-state index contributed by atoms with van der Waals surface area (Å²) in [6, 6.07) is 12.6. The van der Waals surface area contributed by atoms with Crippen molar-refractivity contribution in [1.29, 1.82) is 0 Å². The molecule has 0 bridgehead atoms. The summed E-state index contributed by atoms with van der Waals surface area (Å²) >= 11 is 0. The van der Waals surface area contributed by atoms with Gasteiger partial charge >= 0.3 is 12.2 Å². The lowest BCUT2D eigenvalue weighted by molar-refractivity contribution is 0.205. The van der Waals surface area contributed by atoms with Crippen LogP contribution in [0.25, 0.3) is 33.1 Å². The first-order valence-corrected chi connectivity index (χ1v) is 7.81. The molecule has 11 nitrogen and oxygen atoms in total. The van der Waals surface area contributed by atoms with E-state index in [0.29, 0.717) is 22.1 Å². The van der Waals surface area contributed by atoms with Crippen molar-refractivity contribution >= 4 is 39.9 Å². The van der Waals surface area contributed by atoms with E-state index in [2.05, 4.69) is 31.2 Å². The zero-order valence-electron chi connectivity index (χ0n) is 14.1. The Bertz CT molecular complexity index is 1240. The van der Waals surface area contributed by atoms with E-state index in [1.807, 2.05) is 24.3 Å². The Balaban J connectivity index is 0.000000516. The number of amides is 2. The van der Waals surface area contributed by atoms with Crippen LogP contribution in [0, 0.1) is 0 Å². The minimum absolute atomic E-state index is 0.147. The van der Waals surface area contributed by atoms with E-state index in [1.54, 1.807) is 18.2 Å². The number of aromatic nitrogens is 4. The molecule has 0 radical (unpaired) electrons. The van der Waals surface area contributed by atoms with Crippen molar-refractivity contribution < 1.29 is 19.8 Å². The summed E-state index contributed by atoms with van der Waals surface area (Å²) in [5.74, 6) is 0.147. The second kappa shape index (κ2) is 7.45. The van der Waals surface area contributed by atoms with Gasteiger partial charge in [0.25, 0.3) is 5.56 Å². The second-order valence-corrected chi connectivity index (χ2v) is 5.53. The van der Waals surface area contributed by atoms with E-state index in [4.69, 9.17) is 15.0 Å². The van der Waals surface area contributed by atoms with Crippen molar-refractivity contribution in [2.75, 3.05) is 5.32 Å². The third kappa shape index (κ3) is 3.88. The zero-order chi connectivity index (χ0) is 20.3. The topological polar surface area (TPSA) is 187 Å². The number of fused-ring (bicyclic) bond motifs is 2. The quantitative estimate of drug-likeness (QED) is 0.306. The van der Waals surface area contributed by atoms with Gasteiger partial charge in [-0.2, -0.15) is 5.10 Å². The number of imidazole rings is 1. The highest BCUT2D eigenvalue weighted by atomic mass is 16.4. The summed E-state index contributed by atoms with van der Waals surface area (Å²) in [6.07, 6.45) is -2.53. The molecule has 28 heavy (non-hydrogen) atoms. The molecule has 0 atom stereocenters. The van der Waals surface area contributed by atoms with Crippen LogP contribution >= 0.6 is 0 Å². The highest BCUT2D eigenvalue weighted by molar-refractivity contribution is 5.96. The lowest BCUT2D eigenvalue weighted by Gasteiger charge is -2.04. The molecule has 0 unspecified atom stereocenters. The predicted octanol–water partition coefficient (Wildman–Crippen LogP) is 2.18. The maximum absolute atomic E-state index is 11.9. The highest BCUT2D eigenvalue weighted by Gasteiger charge is 2.11. The Hall–Kier alpha value is -4.41. The number of rotatable bonds is 2. The molecule has 4 aromatic rings. The number of carboxylic acid groups (broad SMARTS) is 2. The Labute approximate surface area is 155 Å². The number of hydrogen-bond acceptors (Lipinski definition) is 5. The van der Waals surface area contributed by atoms with Gasteiger partial charge in [-0.15, -0.1) is 0 Å². The van der Waals surface area contributed by atoms with Gasteiger partial charge < -0.3 is 20.9 Å². The normalized spacial score (nSPS) is 10.3. The average Bonchev–Trinajstić information content (AvgIpc) is 3.02. The van der Waals surface area contributed by atoms with Gasteiger partial charge in [0.2, 0.25) is 5.95 Å². The van der Waals surface area contributed by atoms with E-state index < -0.39 is 12.2 Å². The highest BCUT2D eigenvalue weighted by Crippen LogP contribution is 2.27. The molecule has 11 heteroatoms. The first kappa shape index (κ1) is 18.4. The van der Waals surface area contributed by atoms with Gasteiger partial charge in [-0.1, -0.05) is 24.3 Å². The number of aromatic amines is 2. The molecular weight excluding hydrogens is 368 g/mol. The molecule has 2 amide bonds. The predicted molar refractivity (Wildman–Crippen MR) is 101 cm³/mol. The molecule has 0 spiro atoms. The molecule has 4 rings (SSSR count). The number of anilines is 1. The van der Waals surface area contributed by atoms with Crippen LogP contribution < -0.4 is 16.6 Å². The van der Waals surface area contributed by atoms with E-state index in [1.165, 1.54) is 0 Å². The Kier molecular flexibility index (Phi) is 4.89. The molecule has 0 aliphatic rings. The summed E-state index contributed by atoms with van der Waals surface area (Å²) in [7, 11) is 0. The molecule has 142 valence electrons. The van der Waals surface area contributed by atoms with E-state index in [9.17, 15) is 9.59 Å². The average molecular weight is 382 g/mol. The van der Waals surface area contributed by atoms with Gasteiger partial charge in [-0.05, 0) is 18.2 Å². The molecule has 0 aliphatic heterocycles. The van der Waals surface area contributed by atoms with Crippen molar-refractivity contribution in [2.24, 2.45) is 5.73 Å². The SMILES string of the molecule is NC(=O)O.O=C(O)Nc1nc2ccc(-c3n[nH]c(=O)c4ccccc34)cc2[nH]1. The van der Waals surface area contributed by atoms with Crippen molar-refractivity contribution in [3.05, 3.63) is 52.8 Å². The van der Waals surface area contributed by atoms with Crippen molar-refractivity contribution in [3.8, 4) is 11.3 Å². The number of H-pyrrole nitrogens is 2. The number of hydrogen-bond donors (Lipinski definition) is 6. The largest absolute Gasteiger partial charge is 0.465 e. The zero-order valence-corrected chi connectivity index (χ0v) is 14.1. The number of nitrogens with two attached hydrogens (primary N) is 1. The standard InChI is InChI=1S/C16H11N5O3.CH3NO2/c22-14-10-4-2-1-3-9(10)13(20-21-14)8-5-6-11-12(7-8)18-15(17-11)19-16(23)24;2-1(3)4/h1-7H,(H,21,22)(H,23,24)(H2,17,18,19);2H2,(H,3,4). The Morgan fingerprint density at radius 2 is 1.75 bits per heavy atom. The van der Waals surface area contributed by atoms with Gasteiger partial charge in [0.05, 0.1) is 22.1 Å². The monoisotopic (exact) mass is 382 g/mol. The Morgan fingerprint density at radius 1 is 1.07 bits per heavy atom. The molecule has 0 saturated heterocycles. The number of nitrogens with zero attached hydrogens (tertiary/aromatic N) is 2. The van der Waals surface area contributed by atoms with Gasteiger partial charge in [0.1, 0.15) is 0 Å². The second-order valence-electron chi connectivity index (χ2n) is 5.53. The molecular formula is C17H14N6O5. The van der Waals surface area contributed by atoms with E-state index in [-0.39, 0.29) is 11.5 Å². The molecule has 0 aliphatic carbocycles. The molecule has 0 fully saturated rings. The Morgan fingerprint density at radius 3 is 2.43 bits per heavy atom. The van der Waals surface area contributed by atoms with Crippen LogP contribution in [0.3, 0.4) is 0 Å². The van der Waals surface area contributed by atoms with Crippen molar-refractivity contribution in [1.82, 2.24) is 20.2 Å². The summed E-state index contributed by atoms with van der Waals surface area (Å²) < 4.78 is 0. The number of benzene rings is 2. The lowest BCUT2D eigenvalue weighted by Crippen LogP contribution is -2.09. The third-order valence-corrected chi connectivity index (χ3v) is 3.68. The molecule has 7 N–H and O–H groups in total. The first-order valence-electron chi connectivity index (χ1n) is 7.81. The number of carbonyl (C=O) groups is 2. The fourth-order valence-corrected chi connectivity index (χ4v) is 2.65. The number of nitrogens with one attached hydrogen (secondary N) is 3. The first-order chi connectivity index (χ1) is 13.3. The minimum atomic E-state index is -1.33. The van der Waals surface area contributed by atoms with Crippen molar-refractivity contribution in [2.45, 2.75) is 0 Å². The third-order valence-electron chi connectivity index (χ3n) is 3.68. The molecule has 0 saturated carbocycles. The number of primary amides is 1. The summed E-state index contributed by atoms with van der Waals surface area (Å²) in [6.45, 7) is 0. The molecule has 2 heterocycles. The van der Waals surface area contributed by atoms with Gasteiger partial charge in [0.15, 0.2) is 0 Å². The van der Waals surface area contributed by atoms with Crippen LogP contribution in [0.15, 0.2) is 47.3 Å². The summed E-state index contributed by atoms with van der Waals surface area (Å²) in [5.41, 5.74) is 6.48. The maximum atomic E-state index is 11.9. The van der Waals surface area contributed by atoms with Gasteiger partial charge in [-0.3, -0.25) is 10.1 Å². The lowest BCUT2D eigenvalue weighted by atomic mass is 10.0. The van der Waals surface area contributed by atoms with Crippen LogP contribution in [-0.4, -0.2) is 42.6 Å². The summed E-state index contributed by atoms with van der Waals surface area (Å²) in [5, 5.41) is 26.1. The van der Waals surface area contributed by atoms with Gasteiger partial charge in [-0.25, -0.2) is 19.7 Å². The van der Waals surface area contributed by atoms with Crippen LogP contribution in [0.4, 0.5) is 15.5 Å².